The van der Waals surface area contributed by atoms with Gasteiger partial charge in [0.05, 0.1) is 4.90 Å². The van der Waals surface area contributed by atoms with Gasteiger partial charge in [-0.3, -0.25) is 24.0 Å². The number of sulfone groups is 1. The molecule has 6 aromatic rings. The Morgan fingerprint density at radius 2 is 0.951 bits per heavy atom. The highest BCUT2D eigenvalue weighted by Crippen LogP contribution is 2.37. The lowest BCUT2D eigenvalue weighted by molar-refractivity contribution is -0.136. The predicted octanol–water partition coefficient (Wildman–Crippen LogP) is 16.4. The Hall–Kier alpha value is -7.46. The second-order valence-electron chi connectivity index (χ2n) is 21.5. The quantitative estimate of drug-likeness (QED) is 0.0371. The van der Waals surface area contributed by atoms with Gasteiger partial charge in [0.2, 0.25) is 0 Å². The van der Waals surface area contributed by atoms with Gasteiger partial charge in [-0.15, -0.1) is 0 Å². The van der Waals surface area contributed by atoms with Crippen molar-refractivity contribution in [3.05, 3.63) is 150 Å². The summed E-state index contributed by atoms with van der Waals surface area (Å²) in [6.07, 6.45) is 18.8. The number of Topliss-reactive ketones (excluding diaryl/α,β-unsaturated/α-hetero) is 2. The highest BCUT2D eigenvalue weighted by atomic mass is 32.2. The van der Waals surface area contributed by atoms with Crippen molar-refractivity contribution >= 4 is 39.3 Å². The van der Waals surface area contributed by atoms with E-state index in [4.69, 9.17) is 14.2 Å². The zero-order valence-corrected chi connectivity index (χ0v) is 47.4. The smallest absolute Gasteiger partial charge is 0.387 e. The number of carbonyl (C=O) groups is 5. The summed E-state index contributed by atoms with van der Waals surface area (Å²) in [5, 5.41) is 0. The van der Waals surface area contributed by atoms with E-state index in [-0.39, 0.29) is 62.9 Å². The second kappa shape index (κ2) is 30.0. The molecule has 0 aliphatic heterocycles. The van der Waals surface area contributed by atoms with Crippen molar-refractivity contribution in [3.63, 3.8) is 0 Å². The summed E-state index contributed by atoms with van der Waals surface area (Å²) in [5.41, 5.74) is 3.83. The van der Waals surface area contributed by atoms with Crippen LogP contribution in [0.15, 0.2) is 132 Å². The molecule has 3 fully saturated rings. The summed E-state index contributed by atoms with van der Waals surface area (Å²) in [6, 6.07) is 32.7. The van der Waals surface area contributed by atoms with Crippen LogP contribution in [0.4, 0.5) is 17.6 Å². The third-order valence-electron chi connectivity index (χ3n) is 15.0. The van der Waals surface area contributed by atoms with Crippen molar-refractivity contribution in [2.75, 3.05) is 6.26 Å². The van der Waals surface area contributed by atoms with E-state index in [1.165, 1.54) is 87.7 Å². The van der Waals surface area contributed by atoms with Crippen LogP contribution in [0.1, 0.15) is 150 Å². The molecule has 3 saturated carbocycles. The molecule has 9 rings (SSSR count). The largest absolute Gasteiger partial charge is 0.434 e. The van der Waals surface area contributed by atoms with Crippen molar-refractivity contribution < 1.29 is 68.9 Å². The van der Waals surface area contributed by atoms with Gasteiger partial charge in [-0.25, -0.2) is 17.2 Å². The number of alkyl halides is 2. The molecule has 11 nitrogen and oxygen atoms in total. The summed E-state index contributed by atoms with van der Waals surface area (Å²) < 4.78 is 99.0. The highest BCUT2D eigenvalue weighted by Gasteiger charge is 2.24. The molecule has 0 atom stereocenters. The molecule has 0 bridgehead atoms. The van der Waals surface area contributed by atoms with E-state index in [2.05, 4.69) is 4.74 Å². The number of carbonyl (C=O) groups excluding carboxylic acids is 5. The fourth-order valence-corrected chi connectivity index (χ4v) is 11.4. The first kappa shape index (κ1) is 62.1. The predicted molar refractivity (Wildman–Crippen MR) is 306 cm³/mol. The number of esters is 3. The SMILES string of the molecule is CC(=O)c1cccc(-c2cc(F)cc(OC(=O)CC3CCCCC3)c2)c1.CC(=O)c1cccc(-c2cccc(OC(=O)CC3CCCCC3)c2F)c1.CS(=O)(=O)c1cccc(-c2cc(OC(=O)CC3CCCCC3)ccc2OC(F)F)c1. The first-order valence-electron chi connectivity index (χ1n) is 28.1. The average molecular weight is 1150 g/mol. The Morgan fingerprint density at radius 3 is 1.48 bits per heavy atom. The molecule has 16 heteroatoms. The van der Waals surface area contributed by atoms with Gasteiger partial charge in [0.15, 0.2) is 33.0 Å². The summed E-state index contributed by atoms with van der Waals surface area (Å²) in [4.78, 5) is 59.9. The van der Waals surface area contributed by atoms with Gasteiger partial charge in [-0.2, -0.15) is 8.78 Å². The monoisotopic (exact) mass is 1150 g/mol. The molecule has 3 aliphatic carbocycles. The van der Waals surface area contributed by atoms with Gasteiger partial charge in [0.25, 0.3) is 0 Å². The van der Waals surface area contributed by atoms with Crippen LogP contribution in [-0.2, 0) is 24.2 Å². The van der Waals surface area contributed by atoms with E-state index in [0.717, 1.165) is 83.3 Å². The Balaban J connectivity index is 0.000000178. The molecule has 6 aromatic carbocycles. The first-order chi connectivity index (χ1) is 39.3. The first-order valence-corrected chi connectivity index (χ1v) is 30.0. The number of halogens is 4. The average Bonchev–Trinajstić information content (AvgIpc) is 3.63. The van der Waals surface area contributed by atoms with Crippen LogP contribution in [-0.4, -0.2) is 50.8 Å². The van der Waals surface area contributed by atoms with Crippen LogP contribution in [0.5, 0.6) is 23.0 Å². The van der Waals surface area contributed by atoms with Gasteiger partial charge in [-0.05, 0) is 153 Å². The summed E-state index contributed by atoms with van der Waals surface area (Å²) in [7, 11) is -3.49. The molecule has 0 N–H and O–H groups in total. The topological polar surface area (TPSA) is 156 Å². The zero-order valence-electron chi connectivity index (χ0n) is 46.6. The van der Waals surface area contributed by atoms with Gasteiger partial charge in [-0.1, -0.05) is 118 Å². The second-order valence-corrected chi connectivity index (χ2v) is 23.5. The molecular formula is C66H70F4O11S. The van der Waals surface area contributed by atoms with Crippen molar-refractivity contribution in [3.8, 4) is 56.4 Å². The van der Waals surface area contributed by atoms with E-state index < -0.39 is 28.1 Å². The van der Waals surface area contributed by atoms with Gasteiger partial charge >= 0.3 is 24.5 Å². The molecule has 0 radical (unpaired) electrons. The van der Waals surface area contributed by atoms with Gasteiger partial charge < -0.3 is 18.9 Å². The Morgan fingerprint density at radius 1 is 0.476 bits per heavy atom. The maximum absolute atomic E-state index is 14.9. The third kappa shape index (κ3) is 19.1. The molecule has 0 heterocycles. The van der Waals surface area contributed by atoms with Crippen LogP contribution >= 0.6 is 0 Å². The van der Waals surface area contributed by atoms with Crippen molar-refractivity contribution in [2.45, 2.75) is 141 Å². The van der Waals surface area contributed by atoms with E-state index in [0.29, 0.717) is 76.0 Å². The van der Waals surface area contributed by atoms with Crippen molar-refractivity contribution in [1.29, 1.82) is 0 Å². The van der Waals surface area contributed by atoms with Crippen molar-refractivity contribution in [2.24, 2.45) is 17.8 Å². The summed E-state index contributed by atoms with van der Waals surface area (Å²) in [6.45, 7) is -0.0937. The Bertz CT molecular complexity index is 3300. The lowest BCUT2D eigenvalue weighted by Gasteiger charge is -2.20. The fraction of sp³-hybridized carbons (Fsp3) is 0.379. The molecule has 3 aliphatic rings. The van der Waals surface area contributed by atoms with E-state index in [1.807, 2.05) is 0 Å². The van der Waals surface area contributed by atoms with Crippen LogP contribution in [0.25, 0.3) is 33.4 Å². The number of hydrogen-bond acceptors (Lipinski definition) is 11. The van der Waals surface area contributed by atoms with Crippen LogP contribution in [0.2, 0.25) is 0 Å². The fourth-order valence-electron chi connectivity index (χ4n) is 10.7. The number of benzene rings is 6. The van der Waals surface area contributed by atoms with E-state index in [1.54, 1.807) is 72.8 Å². The van der Waals surface area contributed by atoms with E-state index >= 15 is 0 Å². The number of ketones is 2. The molecule has 0 amide bonds. The number of hydrogen-bond donors (Lipinski definition) is 0. The van der Waals surface area contributed by atoms with Crippen LogP contribution in [0, 0.1) is 29.4 Å². The molecule has 0 unspecified atom stereocenters. The zero-order chi connectivity index (χ0) is 58.8. The molecule has 0 saturated heterocycles. The van der Waals surface area contributed by atoms with Crippen LogP contribution < -0.4 is 18.9 Å². The normalized spacial score (nSPS) is 15.0. The maximum Gasteiger partial charge on any atom is 0.387 e. The molecule has 434 valence electrons. The Kier molecular flexibility index (Phi) is 22.7. The minimum absolute atomic E-state index is 0.0442. The number of ether oxygens (including phenoxy) is 4. The van der Waals surface area contributed by atoms with E-state index in [9.17, 15) is 50.0 Å². The molecule has 0 spiro atoms. The standard InChI is InChI=1S/C22H24F2O5S.2C22H23FO3/c1-30(26,27)18-9-5-8-16(13-18)19-14-17(10-11-20(19)29-22(23)24)28-21(25)12-15-6-3-2-4-7-15;1-15(24)17-9-5-10-18(14-17)19-11-6-12-20(22(19)23)26-21(25)13-16-7-3-2-4-8-16;1-15(24)17-8-5-9-18(11-17)19-12-20(23)14-21(13-19)26-22(25)10-16-6-3-2-4-7-16/h5,8-11,13-15,22H,2-4,6-7,12H2,1H3;5-6,9-12,14,16H,2-4,7-8,13H2,1H3;5,8-9,11-14,16H,2-4,6-7,10H2,1H3. The summed E-state index contributed by atoms with van der Waals surface area (Å²) in [5.74, 6) is -1.04. The van der Waals surface area contributed by atoms with Crippen molar-refractivity contribution in [1.82, 2.24) is 0 Å². The minimum atomic E-state index is -3.49. The van der Waals surface area contributed by atoms with Gasteiger partial charge in [0.1, 0.15) is 23.1 Å². The Labute approximate surface area is 477 Å². The van der Waals surface area contributed by atoms with Crippen LogP contribution in [0.3, 0.4) is 0 Å². The number of rotatable bonds is 17. The lowest BCUT2D eigenvalue weighted by atomic mass is 9.87. The summed E-state index contributed by atoms with van der Waals surface area (Å²) >= 11 is 0. The van der Waals surface area contributed by atoms with Gasteiger partial charge in [0, 0.05) is 53.8 Å². The third-order valence-corrected chi connectivity index (χ3v) is 16.1. The lowest BCUT2D eigenvalue weighted by Crippen LogP contribution is -2.16. The minimum Gasteiger partial charge on any atom is -0.434 e. The molecule has 82 heavy (non-hydrogen) atoms. The maximum atomic E-state index is 14.9. The highest BCUT2D eigenvalue weighted by molar-refractivity contribution is 7.90. The molecular weight excluding hydrogens is 1080 g/mol. The molecule has 0 aromatic heterocycles.